The maximum atomic E-state index is 13.1. The van der Waals surface area contributed by atoms with Gasteiger partial charge in [-0.15, -0.1) is 0 Å². The minimum atomic E-state index is -0.550. The molecule has 0 bridgehead atoms. The third-order valence-electron chi connectivity index (χ3n) is 3.66. The minimum Gasteiger partial charge on any atom is -0.323 e. The Bertz CT molecular complexity index is 986. The second kappa shape index (κ2) is 7.96. The average molecular weight is 393 g/mol. The minimum absolute atomic E-state index is 0.0911. The van der Waals surface area contributed by atoms with Crippen LogP contribution < -0.4 is 5.32 Å². The van der Waals surface area contributed by atoms with Crippen LogP contribution in [-0.4, -0.2) is 30.4 Å². The molecule has 0 spiro atoms. The van der Waals surface area contributed by atoms with E-state index in [9.17, 15) is 19.3 Å². The van der Waals surface area contributed by atoms with Gasteiger partial charge in [-0.3, -0.25) is 24.3 Å². The monoisotopic (exact) mass is 392 g/mol. The number of hydrogen-bond donors (Lipinski definition) is 1. The predicted octanol–water partition coefficient (Wildman–Crippen LogP) is 2.86. The summed E-state index contributed by atoms with van der Waals surface area (Å²) in [5.41, 5.74) is 1.06. The molecule has 0 saturated heterocycles. The van der Waals surface area contributed by atoms with E-state index in [2.05, 4.69) is 15.5 Å². The molecule has 0 aliphatic carbocycles. The van der Waals surface area contributed by atoms with E-state index in [0.29, 0.717) is 22.8 Å². The van der Waals surface area contributed by atoms with E-state index < -0.39 is 10.7 Å². The third-order valence-corrected chi connectivity index (χ3v) is 4.01. The number of halogens is 2. The molecule has 27 heavy (non-hydrogen) atoms. The summed E-state index contributed by atoms with van der Waals surface area (Å²) >= 11 is 5.99. The Morgan fingerprint density at radius 2 is 2.04 bits per heavy atom. The zero-order chi connectivity index (χ0) is 19.4. The average Bonchev–Trinajstić information content (AvgIpc) is 3.25. The third kappa shape index (κ3) is 4.88. The maximum absolute atomic E-state index is 13.1. The van der Waals surface area contributed by atoms with Crippen LogP contribution in [0.3, 0.4) is 0 Å². The quantitative estimate of drug-likeness (QED) is 0.491. The highest BCUT2D eigenvalue weighted by Gasteiger charge is 2.11. The number of benzene rings is 1. The van der Waals surface area contributed by atoms with Gasteiger partial charge < -0.3 is 5.32 Å². The maximum Gasteiger partial charge on any atom is 0.306 e. The highest BCUT2D eigenvalue weighted by molar-refractivity contribution is 6.31. The van der Waals surface area contributed by atoms with Gasteiger partial charge in [0, 0.05) is 24.2 Å². The van der Waals surface area contributed by atoms with Crippen molar-refractivity contribution in [3.05, 3.63) is 69.5 Å². The van der Waals surface area contributed by atoms with Crippen LogP contribution in [0, 0.1) is 15.9 Å². The summed E-state index contributed by atoms with van der Waals surface area (Å²) in [5, 5.41) is 21.5. The molecule has 0 saturated carbocycles. The van der Waals surface area contributed by atoms with E-state index in [1.807, 2.05) is 0 Å². The zero-order valence-corrected chi connectivity index (χ0v) is 14.6. The number of aryl methyl sites for hydroxylation is 1. The first-order valence-electron chi connectivity index (χ1n) is 7.84. The van der Waals surface area contributed by atoms with Crippen LogP contribution in [0.2, 0.25) is 5.02 Å². The Morgan fingerprint density at radius 1 is 1.26 bits per heavy atom. The number of rotatable bonds is 7. The second-order valence-corrected chi connectivity index (χ2v) is 6.09. The Kier molecular flexibility index (Phi) is 5.46. The van der Waals surface area contributed by atoms with Gasteiger partial charge in [0.05, 0.1) is 23.4 Å². The number of carbonyl (C=O) groups is 1. The lowest BCUT2D eigenvalue weighted by Gasteiger charge is -2.05. The van der Waals surface area contributed by atoms with Gasteiger partial charge in [0.1, 0.15) is 18.2 Å². The summed E-state index contributed by atoms with van der Waals surface area (Å²) in [5.74, 6) is -0.702. The van der Waals surface area contributed by atoms with E-state index in [4.69, 9.17) is 11.6 Å². The molecular formula is C16H14ClFN6O3. The molecule has 2 aromatic heterocycles. The molecule has 3 aromatic rings. The normalized spacial score (nSPS) is 10.7. The van der Waals surface area contributed by atoms with Crippen LogP contribution in [0.4, 0.5) is 15.8 Å². The second-order valence-electron chi connectivity index (χ2n) is 5.68. The summed E-state index contributed by atoms with van der Waals surface area (Å²) < 4.78 is 16.0. The first-order valence-corrected chi connectivity index (χ1v) is 8.21. The molecule has 0 aliphatic rings. The van der Waals surface area contributed by atoms with Crippen molar-refractivity contribution in [1.82, 2.24) is 19.6 Å². The largest absolute Gasteiger partial charge is 0.323 e. The summed E-state index contributed by atoms with van der Waals surface area (Å²) in [4.78, 5) is 22.1. The van der Waals surface area contributed by atoms with E-state index in [1.165, 1.54) is 29.2 Å². The topological polar surface area (TPSA) is 108 Å². The molecule has 0 fully saturated rings. The summed E-state index contributed by atoms with van der Waals surface area (Å²) in [7, 11) is 0. The van der Waals surface area contributed by atoms with Crippen molar-refractivity contribution >= 4 is 28.9 Å². The number of amides is 1. The summed E-state index contributed by atoms with van der Waals surface area (Å²) in [6.45, 7) is 0.533. The standard InChI is InChI=1S/C16H14ClFN6O3/c17-15-5-12(18)2-1-11(15)8-23-9-13(6-19-23)21-16(25)3-4-22-10-14(7-20-22)24(26)27/h1-2,5-7,9-10H,3-4,8H2,(H,21,25). The lowest BCUT2D eigenvalue weighted by molar-refractivity contribution is -0.385. The number of nitro groups is 1. The number of anilines is 1. The molecule has 11 heteroatoms. The van der Waals surface area contributed by atoms with Crippen LogP contribution in [0.1, 0.15) is 12.0 Å². The molecule has 0 aliphatic heterocycles. The van der Waals surface area contributed by atoms with Gasteiger partial charge in [0.2, 0.25) is 5.91 Å². The van der Waals surface area contributed by atoms with Crippen molar-refractivity contribution < 1.29 is 14.1 Å². The van der Waals surface area contributed by atoms with Gasteiger partial charge >= 0.3 is 5.69 Å². The van der Waals surface area contributed by atoms with E-state index in [0.717, 1.165) is 6.20 Å². The number of carbonyl (C=O) groups excluding carboxylic acids is 1. The van der Waals surface area contributed by atoms with Gasteiger partial charge in [-0.05, 0) is 17.7 Å². The fourth-order valence-electron chi connectivity index (χ4n) is 2.35. The molecule has 1 aromatic carbocycles. The number of hydrogen-bond acceptors (Lipinski definition) is 5. The molecule has 0 atom stereocenters. The Hall–Kier alpha value is -3.27. The molecule has 0 unspecified atom stereocenters. The Labute approximate surface area is 157 Å². The van der Waals surface area contributed by atoms with Crippen LogP contribution in [0.25, 0.3) is 0 Å². The lowest BCUT2D eigenvalue weighted by atomic mass is 10.2. The van der Waals surface area contributed by atoms with Gasteiger partial charge in [0.25, 0.3) is 0 Å². The number of nitrogens with zero attached hydrogens (tertiary/aromatic N) is 5. The predicted molar refractivity (Wildman–Crippen MR) is 94.9 cm³/mol. The zero-order valence-electron chi connectivity index (χ0n) is 13.9. The summed E-state index contributed by atoms with van der Waals surface area (Å²) in [6, 6.07) is 4.11. The van der Waals surface area contributed by atoms with Gasteiger partial charge in [-0.25, -0.2) is 4.39 Å². The fraction of sp³-hybridized carbons (Fsp3) is 0.188. The van der Waals surface area contributed by atoms with Crippen LogP contribution in [0.5, 0.6) is 0 Å². The fourth-order valence-corrected chi connectivity index (χ4v) is 2.57. The van der Waals surface area contributed by atoms with Gasteiger partial charge in [0.15, 0.2) is 0 Å². The van der Waals surface area contributed by atoms with Crippen LogP contribution in [-0.2, 0) is 17.9 Å². The van der Waals surface area contributed by atoms with Crippen molar-refractivity contribution in [2.24, 2.45) is 0 Å². The molecule has 3 rings (SSSR count). The van der Waals surface area contributed by atoms with E-state index in [1.54, 1.807) is 16.9 Å². The lowest BCUT2D eigenvalue weighted by Crippen LogP contribution is -2.14. The number of aromatic nitrogens is 4. The molecule has 1 amide bonds. The Balaban J connectivity index is 1.53. The van der Waals surface area contributed by atoms with E-state index >= 15 is 0 Å². The van der Waals surface area contributed by atoms with Crippen molar-refractivity contribution in [3.63, 3.8) is 0 Å². The molecule has 2 heterocycles. The first-order chi connectivity index (χ1) is 12.9. The van der Waals surface area contributed by atoms with Crippen molar-refractivity contribution in [2.75, 3.05) is 5.32 Å². The van der Waals surface area contributed by atoms with Crippen molar-refractivity contribution in [1.29, 1.82) is 0 Å². The smallest absolute Gasteiger partial charge is 0.306 e. The van der Waals surface area contributed by atoms with Gasteiger partial charge in [-0.2, -0.15) is 10.2 Å². The Morgan fingerprint density at radius 3 is 2.74 bits per heavy atom. The molecule has 9 nitrogen and oxygen atoms in total. The number of nitrogens with one attached hydrogen (secondary N) is 1. The van der Waals surface area contributed by atoms with E-state index in [-0.39, 0.29) is 24.6 Å². The van der Waals surface area contributed by atoms with Crippen LogP contribution in [0.15, 0.2) is 43.0 Å². The summed E-state index contributed by atoms with van der Waals surface area (Å²) in [6.07, 6.45) is 5.58. The van der Waals surface area contributed by atoms with Crippen LogP contribution >= 0.6 is 11.6 Å². The molecule has 140 valence electrons. The highest BCUT2D eigenvalue weighted by Crippen LogP contribution is 2.19. The molecule has 0 radical (unpaired) electrons. The highest BCUT2D eigenvalue weighted by atomic mass is 35.5. The molecular weight excluding hydrogens is 379 g/mol. The van der Waals surface area contributed by atoms with Gasteiger partial charge in [-0.1, -0.05) is 17.7 Å². The first kappa shape index (κ1) is 18.5. The van der Waals surface area contributed by atoms with Crippen molar-refractivity contribution in [2.45, 2.75) is 19.5 Å². The molecule has 1 N–H and O–H groups in total. The SMILES string of the molecule is O=C(CCn1cc([N+](=O)[O-])cn1)Nc1cnn(Cc2ccc(F)cc2Cl)c1. The van der Waals surface area contributed by atoms with Crippen molar-refractivity contribution in [3.8, 4) is 0 Å².